The maximum atomic E-state index is 5.65. The average Bonchev–Trinajstić information content (AvgIpc) is 2.41. The molecule has 0 aliphatic carbocycles. The molecule has 5 heteroatoms. The van der Waals surface area contributed by atoms with Gasteiger partial charge in [0.25, 0.3) is 0 Å². The Labute approximate surface area is 108 Å². The van der Waals surface area contributed by atoms with E-state index in [1.54, 1.807) is 0 Å². The number of hydrogen-bond donors (Lipinski definition) is 1. The van der Waals surface area contributed by atoms with Crippen LogP contribution in [-0.4, -0.2) is 51.0 Å². The van der Waals surface area contributed by atoms with Crippen LogP contribution < -0.4 is 15.0 Å². The van der Waals surface area contributed by atoms with E-state index in [2.05, 4.69) is 15.2 Å². The first-order chi connectivity index (χ1) is 8.86. The number of nitrogens with zero attached hydrogens (tertiary/aromatic N) is 2. The van der Waals surface area contributed by atoms with Crippen LogP contribution in [0.5, 0.6) is 5.75 Å². The van der Waals surface area contributed by atoms with E-state index in [-0.39, 0.29) is 0 Å². The molecule has 1 fully saturated rings. The second kappa shape index (κ2) is 6.56. The van der Waals surface area contributed by atoms with Crippen molar-refractivity contribution in [2.24, 2.45) is 0 Å². The van der Waals surface area contributed by atoms with E-state index in [4.69, 9.17) is 9.47 Å². The van der Waals surface area contributed by atoms with Crippen LogP contribution in [0.2, 0.25) is 0 Å². The molecule has 1 N–H and O–H groups in total. The Morgan fingerprint density at radius 1 is 1.61 bits per heavy atom. The molecule has 0 aromatic carbocycles. The zero-order valence-corrected chi connectivity index (χ0v) is 11.1. The van der Waals surface area contributed by atoms with Gasteiger partial charge in [0.1, 0.15) is 0 Å². The zero-order valence-electron chi connectivity index (χ0n) is 11.1. The van der Waals surface area contributed by atoms with Crippen LogP contribution in [0, 0.1) is 0 Å². The van der Waals surface area contributed by atoms with Gasteiger partial charge < -0.3 is 19.7 Å². The predicted octanol–water partition coefficient (Wildman–Crippen LogP) is 0.905. The van der Waals surface area contributed by atoms with Crippen molar-refractivity contribution in [2.45, 2.75) is 13.0 Å². The second-order valence-electron chi connectivity index (χ2n) is 4.24. The highest BCUT2D eigenvalue weighted by Gasteiger charge is 2.25. The van der Waals surface area contributed by atoms with Gasteiger partial charge >= 0.3 is 0 Å². The molecule has 1 aromatic rings. The SMILES string of the molecule is CCOc1cccnc1N1CCOCC1CNC. The van der Waals surface area contributed by atoms with Gasteiger partial charge in [-0.25, -0.2) is 4.98 Å². The summed E-state index contributed by atoms with van der Waals surface area (Å²) in [5.74, 6) is 1.77. The van der Waals surface area contributed by atoms with Gasteiger partial charge in [0.15, 0.2) is 11.6 Å². The molecule has 1 atom stereocenters. The molecule has 0 spiro atoms. The molecule has 1 aliphatic heterocycles. The Balaban J connectivity index is 2.21. The minimum atomic E-state index is 0.304. The Bertz CT molecular complexity index is 371. The Morgan fingerprint density at radius 3 is 3.28 bits per heavy atom. The highest BCUT2D eigenvalue weighted by molar-refractivity contribution is 5.53. The fourth-order valence-electron chi connectivity index (χ4n) is 2.20. The van der Waals surface area contributed by atoms with Crippen molar-refractivity contribution in [1.82, 2.24) is 10.3 Å². The van der Waals surface area contributed by atoms with Crippen LogP contribution in [0.3, 0.4) is 0 Å². The molecule has 5 nitrogen and oxygen atoms in total. The smallest absolute Gasteiger partial charge is 0.171 e. The van der Waals surface area contributed by atoms with Crippen LogP contribution in [0.15, 0.2) is 18.3 Å². The first-order valence-electron chi connectivity index (χ1n) is 6.43. The van der Waals surface area contributed by atoms with Gasteiger partial charge in [0.2, 0.25) is 0 Å². The van der Waals surface area contributed by atoms with Crippen molar-refractivity contribution in [3.63, 3.8) is 0 Å². The van der Waals surface area contributed by atoms with Crippen molar-refractivity contribution in [1.29, 1.82) is 0 Å². The van der Waals surface area contributed by atoms with E-state index >= 15 is 0 Å². The summed E-state index contributed by atoms with van der Waals surface area (Å²) in [7, 11) is 1.95. The molecule has 18 heavy (non-hydrogen) atoms. The number of pyridine rings is 1. The van der Waals surface area contributed by atoms with Gasteiger partial charge in [-0.1, -0.05) is 0 Å². The third-order valence-electron chi connectivity index (χ3n) is 2.99. The number of ether oxygens (including phenoxy) is 2. The Kier molecular flexibility index (Phi) is 4.78. The largest absolute Gasteiger partial charge is 0.490 e. The molecule has 0 radical (unpaired) electrons. The number of hydrogen-bond acceptors (Lipinski definition) is 5. The number of aromatic nitrogens is 1. The van der Waals surface area contributed by atoms with Gasteiger partial charge in [0, 0.05) is 19.3 Å². The molecular weight excluding hydrogens is 230 g/mol. The quantitative estimate of drug-likeness (QED) is 0.842. The maximum absolute atomic E-state index is 5.65. The average molecular weight is 251 g/mol. The first-order valence-corrected chi connectivity index (χ1v) is 6.43. The highest BCUT2D eigenvalue weighted by atomic mass is 16.5. The lowest BCUT2D eigenvalue weighted by molar-refractivity contribution is 0.0935. The summed E-state index contributed by atoms with van der Waals surface area (Å²) in [6, 6.07) is 4.18. The lowest BCUT2D eigenvalue weighted by Crippen LogP contribution is -2.50. The molecule has 0 saturated carbocycles. The lowest BCUT2D eigenvalue weighted by atomic mass is 10.2. The molecule has 1 aromatic heterocycles. The van der Waals surface area contributed by atoms with Crippen LogP contribution in [0.25, 0.3) is 0 Å². The summed E-state index contributed by atoms with van der Waals surface area (Å²) >= 11 is 0. The van der Waals surface area contributed by atoms with Gasteiger partial charge in [-0.2, -0.15) is 0 Å². The van der Waals surface area contributed by atoms with Gasteiger partial charge in [-0.15, -0.1) is 0 Å². The molecule has 1 saturated heterocycles. The first kappa shape index (κ1) is 13.1. The summed E-state index contributed by atoms with van der Waals surface area (Å²) in [5, 5.41) is 3.20. The second-order valence-corrected chi connectivity index (χ2v) is 4.24. The highest BCUT2D eigenvalue weighted by Crippen LogP contribution is 2.27. The van der Waals surface area contributed by atoms with E-state index in [0.717, 1.165) is 37.9 Å². The molecule has 1 unspecified atom stereocenters. The van der Waals surface area contributed by atoms with E-state index in [1.807, 2.05) is 32.3 Å². The van der Waals surface area contributed by atoms with Crippen LogP contribution >= 0.6 is 0 Å². The van der Waals surface area contributed by atoms with Crippen LogP contribution in [0.1, 0.15) is 6.92 Å². The molecule has 2 rings (SSSR count). The van der Waals surface area contributed by atoms with Crippen LogP contribution in [0.4, 0.5) is 5.82 Å². The van der Waals surface area contributed by atoms with Gasteiger partial charge in [0.05, 0.1) is 25.9 Å². The minimum Gasteiger partial charge on any atom is -0.490 e. The van der Waals surface area contributed by atoms with Crippen molar-refractivity contribution in [3.8, 4) is 5.75 Å². The van der Waals surface area contributed by atoms with Gasteiger partial charge in [-0.3, -0.25) is 0 Å². The summed E-state index contributed by atoms with van der Waals surface area (Å²) in [5.41, 5.74) is 0. The van der Waals surface area contributed by atoms with E-state index in [0.29, 0.717) is 12.6 Å². The van der Waals surface area contributed by atoms with Crippen molar-refractivity contribution in [2.75, 3.05) is 44.9 Å². The topological polar surface area (TPSA) is 46.6 Å². The van der Waals surface area contributed by atoms with E-state index in [1.165, 1.54) is 0 Å². The van der Waals surface area contributed by atoms with Crippen molar-refractivity contribution < 1.29 is 9.47 Å². The Morgan fingerprint density at radius 2 is 2.50 bits per heavy atom. The maximum Gasteiger partial charge on any atom is 0.171 e. The molecular formula is C13H21N3O2. The summed E-state index contributed by atoms with van der Waals surface area (Å²) in [6.07, 6.45) is 1.81. The van der Waals surface area contributed by atoms with Crippen molar-refractivity contribution in [3.05, 3.63) is 18.3 Å². The zero-order chi connectivity index (χ0) is 12.8. The van der Waals surface area contributed by atoms with Crippen LogP contribution in [-0.2, 0) is 4.74 Å². The number of anilines is 1. The monoisotopic (exact) mass is 251 g/mol. The summed E-state index contributed by atoms with van der Waals surface area (Å²) in [6.45, 7) is 5.83. The third kappa shape index (κ3) is 2.91. The fourth-order valence-corrected chi connectivity index (χ4v) is 2.20. The standard InChI is InChI=1S/C13H21N3O2/c1-3-18-12-5-4-6-15-13(12)16-7-8-17-10-11(16)9-14-2/h4-6,11,14H,3,7-10H2,1-2H3. The number of nitrogens with one attached hydrogen (secondary N) is 1. The third-order valence-corrected chi connectivity index (χ3v) is 2.99. The lowest BCUT2D eigenvalue weighted by Gasteiger charge is -2.37. The summed E-state index contributed by atoms with van der Waals surface area (Å²) < 4.78 is 11.2. The van der Waals surface area contributed by atoms with Crippen molar-refractivity contribution >= 4 is 5.82 Å². The van der Waals surface area contributed by atoms with E-state index in [9.17, 15) is 0 Å². The minimum absolute atomic E-state index is 0.304. The number of morpholine rings is 1. The molecule has 2 heterocycles. The molecule has 100 valence electrons. The Hall–Kier alpha value is -1.33. The number of rotatable bonds is 5. The van der Waals surface area contributed by atoms with Gasteiger partial charge in [-0.05, 0) is 26.1 Å². The molecule has 0 bridgehead atoms. The van der Waals surface area contributed by atoms with E-state index < -0.39 is 0 Å². The summed E-state index contributed by atoms with van der Waals surface area (Å²) in [4.78, 5) is 6.74. The fraction of sp³-hybridized carbons (Fsp3) is 0.615. The number of likely N-dealkylation sites (N-methyl/N-ethyl adjacent to an activating group) is 1. The molecule has 1 aliphatic rings. The normalized spacial score (nSPS) is 19.9. The molecule has 0 amide bonds. The predicted molar refractivity (Wildman–Crippen MR) is 71.3 cm³/mol.